The highest BCUT2D eigenvalue weighted by molar-refractivity contribution is 7.44. The van der Waals surface area contributed by atoms with E-state index in [1.165, 1.54) is 10.8 Å². The lowest BCUT2D eigenvalue weighted by Crippen LogP contribution is -2.39. The van der Waals surface area contributed by atoms with E-state index in [4.69, 9.17) is 28.0 Å². The minimum absolute atomic E-state index is 0.00957. The quantitative estimate of drug-likeness (QED) is 0.0240. The molecule has 0 spiro atoms. The Morgan fingerprint density at radius 2 is 1.39 bits per heavy atom. The Labute approximate surface area is 420 Å². The highest BCUT2D eigenvalue weighted by atomic mass is 31.2. The van der Waals surface area contributed by atoms with E-state index < -0.39 is 43.8 Å². The number of benzene rings is 7. The minimum atomic E-state index is -1.77. The number of aromatic nitrogens is 2. The smallest absolute Gasteiger partial charge is 0.330 e. The second-order valence-corrected chi connectivity index (χ2v) is 20.0. The largest absolute Gasteiger partial charge is 0.497 e. The predicted molar refractivity (Wildman–Crippen MR) is 281 cm³/mol. The first kappa shape index (κ1) is 50.2. The third-order valence-corrected chi connectivity index (χ3v) is 15.7. The zero-order chi connectivity index (χ0) is 50.5. The highest BCUT2D eigenvalue weighted by Crippen LogP contribution is 2.51. The van der Waals surface area contributed by atoms with Crippen molar-refractivity contribution in [2.75, 3.05) is 27.4 Å². The molecule has 1 saturated heterocycles. The summed E-state index contributed by atoms with van der Waals surface area (Å²) < 4.78 is 42.4. The Bertz CT molecular complexity index is 3240. The van der Waals surface area contributed by atoms with E-state index in [9.17, 15) is 19.6 Å². The standard InChI is InChI=1S/C58H59N4O9P/c1-37(2)62(38(3)4)72(69-33-11-32-59)71-51-34-53(70-52(51)36-68-58(43-14-8-7-9-15-43,44-21-25-46(66-5)26-22-44)45-23-27-47(67-6)28-24-45)61-35-42(56(64)60-57(61)65)20-31-50(63)48-29-18-41-17-16-39-12-10-13-40-19-30-49(48)55(41)54(39)40/h7-10,12-19,21-30,35,37-38,51-53H,11,20,31,33-34,36H2,1-6H3,(H,60,64,65)/t51-,52+,53+,72?/m0/s1. The first-order valence-corrected chi connectivity index (χ1v) is 25.5. The molecule has 8 aromatic rings. The number of nitrogens with zero attached hydrogens (tertiary/aromatic N) is 3. The number of carbonyl (C=O) groups excluding carboxylic acids is 1. The maximum Gasteiger partial charge on any atom is 0.330 e. The molecule has 0 aliphatic carbocycles. The van der Waals surface area contributed by atoms with Crippen molar-refractivity contribution in [3.8, 4) is 17.6 Å². The Morgan fingerprint density at radius 3 is 2.00 bits per heavy atom. The molecule has 1 aliphatic rings. The van der Waals surface area contributed by atoms with Crippen LogP contribution in [0.25, 0.3) is 32.3 Å². The molecule has 0 radical (unpaired) electrons. The fraction of sp³-hybridized carbons (Fsp3) is 0.310. The van der Waals surface area contributed by atoms with Gasteiger partial charge in [-0.05, 0) is 107 Å². The number of aryl methyl sites for hydroxylation is 1. The number of nitrogens with one attached hydrogen (secondary N) is 1. The lowest BCUT2D eigenvalue weighted by Gasteiger charge is -2.39. The van der Waals surface area contributed by atoms with E-state index in [2.05, 4.69) is 67.7 Å². The third kappa shape index (κ3) is 10.0. The van der Waals surface area contributed by atoms with Gasteiger partial charge in [-0.25, -0.2) is 9.46 Å². The van der Waals surface area contributed by atoms with Crippen LogP contribution in [0.2, 0.25) is 0 Å². The Balaban J connectivity index is 1.06. The van der Waals surface area contributed by atoms with E-state index in [1.807, 2.05) is 109 Å². The number of hydrogen-bond acceptors (Lipinski definition) is 11. The Morgan fingerprint density at radius 1 is 0.792 bits per heavy atom. The molecule has 9 rings (SSSR count). The highest BCUT2D eigenvalue weighted by Gasteiger charge is 2.45. The summed E-state index contributed by atoms with van der Waals surface area (Å²) in [5.41, 5.74) is 0.876. The molecule has 1 aromatic heterocycles. The normalized spacial score (nSPS) is 16.6. The average Bonchev–Trinajstić information content (AvgIpc) is 3.79. The van der Waals surface area contributed by atoms with E-state index in [1.54, 1.807) is 14.2 Å². The fourth-order valence-electron chi connectivity index (χ4n) is 10.1. The number of aromatic amines is 1. The topological polar surface area (TPSA) is 154 Å². The molecule has 1 unspecified atom stereocenters. The van der Waals surface area contributed by atoms with E-state index in [0.29, 0.717) is 17.1 Å². The number of H-pyrrole nitrogens is 1. The zero-order valence-corrected chi connectivity index (χ0v) is 42.3. The Hall–Kier alpha value is -6.75. The van der Waals surface area contributed by atoms with Gasteiger partial charge in [0.2, 0.25) is 0 Å². The molecule has 1 fully saturated rings. The molecule has 1 N–H and O–H groups in total. The van der Waals surface area contributed by atoms with Gasteiger partial charge in [0.1, 0.15) is 29.4 Å². The molecule has 13 nitrogen and oxygen atoms in total. The first-order valence-electron chi connectivity index (χ1n) is 24.4. The maximum absolute atomic E-state index is 14.2. The first-order chi connectivity index (χ1) is 34.9. The number of carbonyl (C=O) groups is 1. The molecular weight excluding hydrogens is 928 g/mol. The van der Waals surface area contributed by atoms with Crippen molar-refractivity contribution in [3.63, 3.8) is 0 Å². The lowest BCUT2D eigenvalue weighted by molar-refractivity contribution is -0.0926. The molecule has 1 aliphatic heterocycles. The minimum Gasteiger partial charge on any atom is -0.497 e. The van der Waals surface area contributed by atoms with Crippen LogP contribution < -0.4 is 20.7 Å². The van der Waals surface area contributed by atoms with Gasteiger partial charge in [0, 0.05) is 42.2 Å². The van der Waals surface area contributed by atoms with Gasteiger partial charge in [0.05, 0.1) is 46.0 Å². The summed E-state index contributed by atoms with van der Waals surface area (Å²) in [5.74, 6) is 1.24. The molecule has 14 heteroatoms. The molecule has 370 valence electrons. The Kier molecular flexibility index (Phi) is 15.3. The van der Waals surface area contributed by atoms with Crippen LogP contribution in [0, 0.1) is 11.3 Å². The van der Waals surface area contributed by atoms with Crippen LogP contribution in [0.1, 0.15) is 85.8 Å². The van der Waals surface area contributed by atoms with Gasteiger partial charge in [-0.1, -0.05) is 109 Å². The summed E-state index contributed by atoms with van der Waals surface area (Å²) in [6.45, 7) is 8.38. The van der Waals surface area contributed by atoms with Crippen LogP contribution in [0.3, 0.4) is 0 Å². The molecule has 0 amide bonds. The summed E-state index contributed by atoms with van der Waals surface area (Å²) in [4.78, 5) is 44.2. The van der Waals surface area contributed by atoms with Crippen LogP contribution >= 0.6 is 8.53 Å². The summed E-state index contributed by atoms with van der Waals surface area (Å²) in [5, 5.41) is 15.8. The van der Waals surface area contributed by atoms with Crippen molar-refractivity contribution in [1.29, 1.82) is 5.26 Å². The van der Waals surface area contributed by atoms with Gasteiger partial charge in [-0.2, -0.15) is 5.26 Å². The van der Waals surface area contributed by atoms with Gasteiger partial charge < -0.3 is 28.0 Å². The average molecular weight is 987 g/mol. The molecule has 7 aromatic carbocycles. The SMILES string of the molecule is COc1ccc(C(OC[C@H]2O[C@@H](n3cc(CCC(=O)c4ccc5ccc6cccc7ccc4c5c67)c(=O)[nH]c3=O)C[C@@H]2OP(OCCC#N)N(C(C)C)C(C)C)(c2ccccc2)c2ccc(OC)cc2)cc1. The second-order valence-electron chi connectivity index (χ2n) is 18.6. The van der Waals surface area contributed by atoms with Crippen molar-refractivity contribution < 1.29 is 32.8 Å². The number of hydrogen-bond donors (Lipinski definition) is 1. The number of ketones is 1. The van der Waals surface area contributed by atoms with Gasteiger partial charge in [0.15, 0.2) is 5.78 Å². The predicted octanol–water partition coefficient (Wildman–Crippen LogP) is 11.2. The number of ether oxygens (including phenoxy) is 4. The van der Waals surface area contributed by atoms with E-state index >= 15 is 0 Å². The van der Waals surface area contributed by atoms with Crippen LogP contribution in [0.5, 0.6) is 11.5 Å². The van der Waals surface area contributed by atoms with Crippen LogP contribution in [-0.2, 0) is 30.5 Å². The summed E-state index contributed by atoms with van der Waals surface area (Å²) in [6, 6.07) is 45.8. The molecule has 0 saturated carbocycles. The monoisotopic (exact) mass is 986 g/mol. The van der Waals surface area contributed by atoms with Gasteiger partial charge >= 0.3 is 5.69 Å². The van der Waals surface area contributed by atoms with Crippen LogP contribution in [-0.4, -0.2) is 71.7 Å². The lowest BCUT2D eigenvalue weighted by atomic mass is 9.80. The summed E-state index contributed by atoms with van der Waals surface area (Å²) >= 11 is 0. The van der Waals surface area contributed by atoms with Gasteiger partial charge in [-0.15, -0.1) is 0 Å². The number of methoxy groups -OCH3 is 2. The number of rotatable bonds is 21. The van der Waals surface area contributed by atoms with Crippen molar-refractivity contribution >= 4 is 46.6 Å². The van der Waals surface area contributed by atoms with Crippen molar-refractivity contribution in [3.05, 3.63) is 188 Å². The number of Topliss-reactive ketones (excluding diaryl/α,β-unsaturated/α-hetero) is 1. The summed E-state index contributed by atoms with van der Waals surface area (Å²) in [7, 11) is 1.48. The molecular formula is C58H59N4O9P. The molecule has 4 atom stereocenters. The third-order valence-electron chi connectivity index (χ3n) is 13.5. The molecule has 72 heavy (non-hydrogen) atoms. The van der Waals surface area contributed by atoms with Crippen LogP contribution in [0.4, 0.5) is 0 Å². The zero-order valence-electron chi connectivity index (χ0n) is 41.4. The number of nitriles is 1. The molecule has 0 bridgehead atoms. The molecule has 2 heterocycles. The maximum atomic E-state index is 14.2. The summed E-state index contributed by atoms with van der Waals surface area (Å²) in [6.07, 6.45) is -0.463. The van der Waals surface area contributed by atoms with Gasteiger partial charge in [0.25, 0.3) is 14.1 Å². The fourth-order valence-corrected chi connectivity index (χ4v) is 11.9. The van der Waals surface area contributed by atoms with Crippen LogP contribution in [0.15, 0.2) is 149 Å². The van der Waals surface area contributed by atoms with Crippen molar-refractivity contribution in [1.82, 2.24) is 14.2 Å². The van der Waals surface area contributed by atoms with E-state index in [-0.39, 0.29) is 62.3 Å². The van der Waals surface area contributed by atoms with Gasteiger partial charge in [-0.3, -0.25) is 19.1 Å². The van der Waals surface area contributed by atoms with Crippen molar-refractivity contribution in [2.45, 2.75) is 89.5 Å². The van der Waals surface area contributed by atoms with Crippen molar-refractivity contribution in [2.24, 2.45) is 0 Å². The second kappa shape index (κ2) is 21.9. The van der Waals surface area contributed by atoms with E-state index in [0.717, 1.165) is 49.0 Å².